The Morgan fingerprint density at radius 3 is 2.68 bits per heavy atom. The molecular formula is C32H43N3O6. The summed E-state index contributed by atoms with van der Waals surface area (Å²) in [6.07, 6.45) is -3.81. The quantitative estimate of drug-likeness (QED) is 0.370. The van der Waals surface area contributed by atoms with Gasteiger partial charge in [-0.25, -0.2) is 9.97 Å². The Morgan fingerprint density at radius 1 is 1.20 bits per heavy atom. The van der Waals surface area contributed by atoms with Crippen molar-refractivity contribution in [1.29, 1.82) is 0 Å². The largest absolute Gasteiger partial charge is 0.497 e. The normalized spacial score (nSPS) is 35.2. The zero-order chi connectivity index (χ0) is 33.1. The van der Waals surface area contributed by atoms with Crippen LogP contribution in [0.2, 0.25) is 0 Å². The number of aromatic nitrogens is 2. The summed E-state index contributed by atoms with van der Waals surface area (Å²) in [5.41, 5.74) is -0.927. The van der Waals surface area contributed by atoms with Crippen LogP contribution >= 0.6 is 0 Å². The standard InChI is InChI=1S/C32H43N3O6/c1-19-26(18-36)35-17-27(19)40-29-24(33-23-13-12-21(39-6)14-25(23)34-29)11-9-7-8-10-20-16-32(20,5)41-28(37)15-22(30(35)38)31(2,3)4/h12-14,18-20,22,26-27H,7-11,15-17H2,1-6H3/t19-,20+,22+,26+,27-,32+/m0/s1/i9D2,11D2. The average molecular weight is 570 g/mol. The predicted molar refractivity (Wildman–Crippen MR) is 154 cm³/mol. The molecule has 1 aromatic heterocycles. The molecule has 6 atom stereocenters. The van der Waals surface area contributed by atoms with Crippen molar-refractivity contribution >= 4 is 29.2 Å². The second kappa shape index (κ2) is 11.2. The molecular weight excluding hydrogens is 522 g/mol. The van der Waals surface area contributed by atoms with Gasteiger partial charge in [-0.05, 0) is 50.1 Å². The molecule has 1 amide bonds. The molecule has 0 spiro atoms. The van der Waals surface area contributed by atoms with Crippen molar-refractivity contribution in [1.82, 2.24) is 14.9 Å². The van der Waals surface area contributed by atoms with E-state index >= 15 is 0 Å². The van der Waals surface area contributed by atoms with Gasteiger partial charge < -0.3 is 23.9 Å². The molecule has 0 N–H and O–H groups in total. The number of aldehydes is 1. The van der Waals surface area contributed by atoms with E-state index in [9.17, 15) is 14.4 Å². The Morgan fingerprint density at radius 2 is 1.98 bits per heavy atom. The highest BCUT2D eigenvalue weighted by Gasteiger charge is 2.54. The van der Waals surface area contributed by atoms with Gasteiger partial charge in [-0.2, -0.15) is 0 Å². The van der Waals surface area contributed by atoms with Gasteiger partial charge in [-0.1, -0.05) is 40.5 Å². The van der Waals surface area contributed by atoms with Crippen molar-refractivity contribution < 1.29 is 34.1 Å². The Hall–Kier alpha value is -3.23. The van der Waals surface area contributed by atoms with E-state index in [-0.39, 0.29) is 42.8 Å². The molecule has 1 saturated heterocycles. The fourth-order valence-corrected chi connectivity index (χ4v) is 5.99. The van der Waals surface area contributed by atoms with E-state index in [2.05, 4.69) is 9.97 Å². The number of ether oxygens (including phenoxy) is 3. The van der Waals surface area contributed by atoms with Crippen LogP contribution in [0.25, 0.3) is 11.0 Å². The van der Waals surface area contributed by atoms with Crippen molar-refractivity contribution in [3.05, 3.63) is 23.9 Å². The molecule has 1 aliphatic carbocycles. The third-order valence-corrected chi connectivity index (χ3v) is 8.86. The van der Waals surface area contributed by atoms with Gasteiger partial charge >= 0.3 is 5.97 Å². The Kier molecular flexibility index (Phi) is 6.67. The Bertz CT molecular complexity index is 1500. The molecule has 2 bridgehead atoms. The molecule has 2 fully saturated rings. The molecule has 3 heterocycles. The fraction of sp³-hybridized carbons (Fsp3) is 0.656. The lowest BCUT2D eigenvalue weighted by atomic mass is 9.77. The molecule has 222 valence electrons. The number of methoxy groups -OCH3 is 1. The van der Waals surface area contributed by atoms with Crippen LogP contribution in [0.3, 0.4) is 0 Å². The lowest BCUT2D eigenvalue weighted by molar-refractivity contribution is -0.158. The first-order chi connectivity index (χ1) is 20.9. The van der Waals surface area contributed by atoms with Crippen LogP contribution in [0.4, 0.5) is 0 Å². The molecule has 0 radical (unpaired) electrons. The van der Waals surface area contributed by atoms with E-state index in [0.29, 0.717) is 42.3 Å². The van der Waals surface area contributed by atoms with E-state index in [1.165, 1.54) is 12.0 Å². The summed E-state index contributed by atoms with van der Waals surface area (Å²) in [4.78, 5) is 50.3. The number of hydrogen-bond donors (Lipinski definition) is 0. The summed E-state index contributed by atoms with van der Waals surface area (Å²) in [6, 6.07) is 4.05. The zero-order valence-electron chi connectivity index (χ0n) is 28.7. The van der Waals surface area contributed by atoms with Gasteiger partial charge in [0.25, 0.3) is 0 Å². The number of fused-ring (bicyclic) bond motifs is 5. The van der Waals surface area contributed by atoms with Crippen molar-refractivity contribution in [2.75, 3.05) is 13.7 Å². The maximum atomic E-state index is 14.1. The lowest BCUT2D eigenvalue weighted by Gasteiger charge is -2.34. The van der Waals surface area contributed by atoms with Gasteiger partial charge in [-0.15, -0.1) is 0 Å². The van der Waals surface area contributed by atoms with Crippen LogP contribution in [-0.4, -0.2) is 64.4 Å². The van der Waals surface area contributed by atoms with Gasteiger partial charge in [0, 0.05) is 23.4 Å². The minimum atomic E-state index is -2.62. The molecule has 1 aromatic carbocycles. The van der Waals surface area contributed by atoms with Crippen LogP contribution in [0.5, 0.6) is 11.6 Å². The monoisotopic (exact) mass is 569 g/mol. The summed E-state index contributed by atoms with van der Waals surface area (Å²) in [6.45, 7) is 9.22. The summed E-state index contributed by atoms with van der Waals surface area (Å²) >= 11 is 0. The number of esters is 1. The molecule has 1 saturated carbocycles. The summed E-state index contributed by atoms with van der Waals surface area (Å²) in [7, 11) is 1.51. The number of rotatable bonds is 2. The van der Waals surface area contributed by atoms with E-state index in [0.717, 1.165) is 0 Å². The van der Waals surface area contributed by atoms with Crippen molar-refractivity contribution in [3.63, 3.8) is 0 Å². The summed E-state index contributed by atoms with van der Waals surface area (Å²) in [5, 5.41) is 0. The first-order valence-corrected chi connectivity index (χ1v) is 14.4. The SMILES string of the molecule is [2H]C1([2H])CCC[C@@H]2C[C@@]2(C)OC(=O)C[C@@H](C(C)(C)C)C(=O)N2C[C@H](Oc3nc4cc(OC)ccc4nc3C1([2H])[2H])[C@@H](C)[C@H]2C=O. The number of nitrogens with zero attached hydrogens (tertiary/aromatic N) is 3. The van der Waals surface area contributed by atoms with Crippen LogP contribution in [0.15, 0.2) is 18.2 Å². The van der Waals surface area contributed by atoms with E-state index in [1.54, 1.807) is 25.1 Å². The molecule has 0 unspecified atom stereocenters. The van der Waals surface area contributed by atoms with Crippen LogP contribution in [0, 0.1) is 23.2 Å². The second-order valence-electron chi connectivity index (χ2n) is 12.9. The molecule has 9 heteroatoms. The number of amides is 1. The van der Waals surface area contributed by atoms with E-state index in [1.807, 2.05) is 27.7 Å². The highest BCUT2D eigenvalue weighted by atomic mass is 16.6. The molecule has 9 nitrogen and oxygen atoms in total. The van der Waals surface area contributed by atoms with Crippen molar-refractivity contribution in [2.24, 2.45) is 23.2 Å². The topological polar surface area (TPSA) is 108 Å². The molecule has 2 aliphatic heterocycles. The number of aryl methyl sites for hydroxylation is 1. The van der Waals surface area contributed by atoms with Gasteiger partial charge in [0.1, 0.15) is 29.4 Å². The molecule has 3 aliphatic rings. The van der Waals surface area contributed by atoms with E-state index in [4.69, 9.17) is 19.7 Å². The second-order valence-corrected chi connectivity index (χ2v) is 12.9. The Labute approximate surface area is 247 Å². The van der Waals surface area contributed by atoms with Crippen LogP contribution < -0.4 is 9.47 Å². The van der Waals surface area contributed by atoms with Gasteiger partial charge in [0.2, 0.25) is 11.8 Å². The Balaban J connectivity index is 1.61. The molecule has 2 aromatic rings. The number of carbonyl (C=O) groups excluding carboxylic acids is 3. The highest BCUT2D eigenvalue weighted by Crippen LogP contribution is 2.50. The average Bonchev–Trinajstić information content (AvgIpc) is 3.48. The van der Waals surface area contributed by atoms with E-state index < -0.39 is 53.7 Å². The predicted octanol–water partition coefficient (Wildman–Crippen LogP) is 4.92. The maximum Gasteiger partial charge on any atom is 0.307 e. The smallest absolute Gasteiger partial charge is 0.307 e. The van der Waals surface area contributed by atoms with Crippen molar-refractivity contribution in [3.8, 4) is 11.6 Å². The number of hydrogen-bond acceptors (Lipinski definition) is 8. The third kappa shape index (κ3) is 6.04. The first kappa shape index (κ1) is 24.4. The first-order valence-electron chi connectivity index (χ1n) is 16.4. The molecule has 5 rings (SSSR count). The van der Waals surface area contributed by atoms with Crippen LogP contribution in [-0.2, 0) is 25.5 Å². The summed E-state index contributed by atoms with van der Waals surface area (Å²) in [5.74, 6) is -1.84. The lowest BCUT2D eigenvalue weighted by Crippen LogP contribution is -2.46. The minimum Gasteiger partial charge on any atom is -0.497 e. The third-order valence-electron chi connectivity index (χ3n) is 8.86. The van der Waals surface area contributed by atoms with Crippen LogP contribution in [0.1, 0.15) is 84.3 Å². The van der Waals surface area contributed by atoms with Gasteiger partial charge in [-0.3, -0.25) is 9.59 Å². The maximum absolute atomic E-state index is 14.1. The number of carbonyl (C=O) groups is 3. The van der Waals surface area contributed by atoms with Gasteiger partial charge in [0.15, 0.2) is 0 Å². The fourth-order valence-electron chi connectivity index (χ4n) is 5.99. The summed E-state index contributed by atoms with van der Waals surface area (Å²) < 4.78 is 53.3. The van der Waals surface area contributed by atoms with Crippen molar-refractivity contribution in [2.45, 2.75) is 97.2 Å². The highest BCUT2D eigenvalue weighted by molar-refractivity contribution is 5.87. The molecule has 41 heavy (non-hydrogen) atoms. The number of benzene rings is 1. The zero-order valence-corrected chi connectivity index (χ0v) is 24.7. The minimum absolute atomic E-state index is 0.000224. The van der Waals surface area contributed by atoms with Gasteiger partial charge in [0.05, 0.1) is 43.1 Å².